The highest BCUT2D eigenvalue weighted by Gasteiger charge is 3.12. The van der Waals surface area contributed by atoms with Crippen LogP contribution in [0, 0.1) is 0 Å². The van der Waals surface area contributed by atoms with Crippen molar-refractivity contribution < 1.29 is 280 Å². The Bertz CT molecular complexity index is 2290. The van der Waals surface area contributed by atoms with E-state index in [0.29, 0.717) is 0 Å². The number of hydrogen-bond donors (Lipinski definition) is 0. The van der Waals surface area contributed by atoms with Crippen LogP contribution in [0.4, 0.5) is 272 Å². The third-order valence-corrected chi connectivity index (χ3v) is 24.0. The fourth-order valence-electron chi connectivity index (χ4n) is 6.05. The number of alkyl halides is 61. The van der Waals surface area contributed by atoms with Crippen molar-refractivity contribution in [1.29, 1.82) is 0 Å². The topological polar surface area (TPSA) is 18.5 Å². The molecule has 0 rings (SSSR count). The molecule has 0 aliphatic rings. The summed E-state index contributed by atoms with van der Waals surface area (Å²) in [5, 5.41) is 0. The molecule has 0 aliphatic heterocycles. The van der Waals surface area contributed by atoms with Crippen LogP contribution >= 0.6 is 0 Å². The van der Waals surface area contributed by atoms with Crippen LogP contribution < -0.4 is 0 Å². The number of halogens is 62. The third kappa shape index (κ3) is 10.6. The van der Waals surface area contributed by atoms with Crippen molar-refractivity contribution in [1.82, 2.24) is 0 Å². The first-order chi connectivity index (χ1) is 39.2. The van der Waals surface area contributed by atoms with E-state index in [1.807, 2.05) is 0 Å². The van der Waals surface area contributed by atoms with Crippen molar-refractivity contribution in [2.75, 3.05) is 0 Å². The summed E-state index contributed by atoms with van der Waals surface area (Å²) in [5.41, 5.74) is -90.9. The van der Waals surface area contributed by atoms with Gasteiger partial charge in [-0.15, -0.1) is 0 Å². The van der Waals surface area contributed by atoms with Gasteiger partial charge in [0.15, 0.2) is 0 Å². The Morgan fingerprint density at radius 3 is 0.309 bits per heavy atom. The minimum atomic E-state index is -17.0. The van der Waals surface area contributed by atoms with Gasteiger partial charge in [-0.25, -0.2) is 56.8 Å². The highest BCUT2D eigenvalue weighted by atomic mass is 28.5. The van der Waals surface area contributed by atoms with E-state index in [0.717, 1.165) is 0 Å². The number of rotatable bonds is 24. The standard InChI is InChI=1S/C27F62O2Si3/c28-1(29,14(54,55)56)7(40,41)21(75,76)92(22(77,78)8(42,43)2(30,31)15(57,58)59,23(79,80)9(44,45)3(32,33)16(60,61)62)90-94(89,27(87,88)13(52,53)20(72,73)74)91-93(24(81,82)10(46,47)4(34,35)17(63,64)65,25(83,84)11(48,49)5(36,37)18(66,67)68)26(85,86)12(50,51)6(38,39)19(69,70)71. The Hall–Kier alpha value is -3.77. The normalized spacial score (nSPS) is 17.6. The second kappa shape index (κ2) is 21.9. The first kappa shape index (κ1) is 90.2. The molecule has 0 amide bonds. The predicted octanol–water partition coefficient (Wildman–Crippen LogP) is 19.2. The maximum atomic E-state index is 17.4. The monoisotopic (exact) mass is 1620 g/mol. The van der Waals surface area contributed by atoms with Gasteiger partial charge in [-0.3, -0.25) is 0 Å². The van der Waals surface area contributed by atoms with Crippen molar-refractivity contribution in [2.45, 2.75) is 159 Å². The Morgan fingerprint density at radius 2 is 0.223 bits per heavy atom. The number of hydrogen-bond acceptors (Lipinski definition) is 2. The van der Waals surface area contributed by atoms with E-state index in [2.05, 4.69) is 0 Å². The summed E-state index contributed by atoms with van der Waals surface area (Å²) in [7, 11) is -50.5. The Labute approximate surface area is 466 Å². The Balaban J connectivity index is 13.3. The minimum absolute atomic E-state index is 0.476. The molecular formula is C27F62O2Si3. The molecule has 0 aromatic carbocycles. The molecule has 67 heteroatoms. The zero-order valence-corrected chi connectivity index (χ0v) is 42.3. The molecule has 2 nitrogen and oxygen atoms in total. The van der Waals surface area contributed by atoms with Crippen LogP contribution in [0.15, 0.2) is 0 Å². The van der Waals surface area contributed by atoms with E-state index in [4.69, 9.17) is 0 Å². The van der Waals surface area contributed by atoms with E-state index in [-0.39, 0.29) is 0 Å². The summed E-state index contributed by atoms with van der Waals surface area (Å²) in [5.74, 6) is -151. The van der Waals surface area contributed by atoms with Gasteiger partial charge in [0.1, 0.15) is 0 Å². The van der Waals surface area contributed by atoms with E-state index in [1.165, 1.54) is 0 Å². The summed E-state index contributed by atoms with van der Waals surface area (Å²) >= 11 is 0. The van der Waals surface area contributed by atoms with E-state index < -0.39 is 193 Å². The van der Waals surface area contributed by atoms with Crippen molar-refractivity contribution in [3.8, 4) is 0 Å². The molecule has 0 heterocycles. The van der Waals surface area contributed by atoms with Gasteiger partial charge in [-0.05, 0) is 0 Å². The van der Waals surface area contributed by atoms with Gasteiger partial charge in [0.05, 0.1) is 0 Å². The molecule has 0 atom stereocenters. The van der Waals surface area contributed by atoms with Gasteiger partial charge in [0.2, 0.25) is 0 Å². The molecule has 0 aromatic rings. The minimum Gasteiger partial charge on any atom is -0.395 e. The first-order valence-corrected chi connectivity index (χ1v) is 24.8. The molecule has 0 unspecified atom stereocenters. The second-order valence-corrected chi connectivity index (χ2v) is 26.9. The van der Waals surface area contributed by atoms with Gasteiger partial charge >= 0.3 is 185 Å². The summed E-state index contributed by atoms with van der Waals surface area (Å²) in [6, 6.07) is 0. The smallest absolute Gasteiger partial charge is 0.395 e. The van der Waals surface area contributed by atoms with Crippen molar-refractivity contribution >= 4 is 25.5 Å². The fourth-order valence-corrected chi connectivity index (χ4v) is 20.3. The maximum Gasteiger partial charge on any atom is 0.600 e. The molecule has 0 spiro atoms. The molecule has 0 saturated heterocycles. The van der Waals surface area contributed by atoms with Crippen LogP contribution in [0.3, 0.4) is 0 Å². The van der Waals surface area contributed by atoms with Crippen molar-refractivity contribution in [3.05, 3.63) is 0 Å². The summed E-state index contributed by atoms with van der Waals surface area (Å²) in [6.45, 7) is 0. The second-order valence-electron chi connectivity index (χ2n) is 17.1. The van der Waals surface area contributed by atoms with Crippen LogP contribution in [0.25, 0.3) is 0 Å². The molecule has 0 radical (unpaired) electrons. The lowest BCUT2D eigenvalue weighted by molar-refractivity contribution is -0.411. The van der Waals surface area contributed by atoms with Crippen LogP contribution in [0.1, 0.15) is 0 Å². The average molecular weight is 1620 g/mol. The predicted molar refractivity (Wildman–Crippen MR) is 162 cm³/mol. The molecule has 0 aromatic heterocycles. The molecule has 94 heavy (non-hydrogen) atoms. The van der Waals surface area contributed by atoms with Crippen molar-refractivity contribution in [2.24, 2.45) is 0 Å². The molecule has 0 N–H and O–H groups in total. The van der Waals surface area contributed by atoms with Crippen LogP contribution in [0.2, 0.25) is 0 Å². The summed E-state index contributed by atoms with van der Waals surface area (Å²) in [6.07, 6.45) is -71.8. The largest absolute Gasteiger partial charge is 0.600 e. The highest BCUT2D eigenvalue weighted by molar-refractivity contribution is 6.93. The molecule has 566 valence electrons. The van der Waals surface area contributed by atoms with Crippen LogP contribution in [-0.4, -0.2) is 185 Å². The molecule has 0 saturated carbocycles. The molecule has 0 aliphatic carbocycles. The SMILES string of the molecule is FC(F)(F)C(F)(F)C(F)(F)C(F)(F)[Si](O[Si](F)(O[Si](C(F)(F)C(F)(F)C(F)(F)C(F)(F)F)(C(F)(F)C(F)(F)C(F)(F)C(F)(F)F)C(F)(F)C(F)(F)C(F)(F)C(F)(F)F)C(F)(F)C(F)(F)C(F)(F)F)(C(F)(F)C(F)(F)C(F)(F)C(F)(F)F)C(F)(F)C(F)(F)C(F)(F)C(F)(F)F. The van der Waals surface area contributed by atoms with Gasteiger partial charge in [0.25, 0.3) is 0 Å². The summed E-state index contributed by atoms with van der Waals surface area (Å²) in [4.78, 5) is 0. The van der Waals surface area contributed by atoms with E-state index in [1.54, 1.807) is 0 Å². The summed E-state index contributed by atoms with van der Waals surface area (Å²) < 4.78 is 903. The lowest BCUT2D eigenvalue weighted by atomic mass is 10.1. The zero-order chi connectivity index (χ0) is 78.4. The average Bonchev–Trinajstić information content (AvgIpc) is 0.652. The van der Waals surface area contributed by atoms with Gasteiger partial charge in [-0.2, -0.15) is 215 Å². The van der Waals surface area contributed by atoms with Crippen LogP contribution in [0.5, 0.6) is 0 Å². The Kier molecular flexibility index (Phi) is 21.0. The van der Waals surface area contributed by atoms with E-state index in [9.17, 15) is 154 Å². The highest BCUT2D eigenvalue weighted by Crippen LogP contribution is 2.75. The molecule has 0 bridgehead atoms. The van der Waals surface area contributed by atoms with Gasteiger partial charge in [0, 0.05) is 0 Å². The maximum absolute atomic E-state index is 17.4. The first-order valence-electron chi connectivity index (χ1n) is 19.3. The van der Waals surface area contributed by atoms with Crippen LogP contribution in [-0.2, 0) is 8.23 Å². The molecule has 0 fully saturated rings. The van der Waals surface area contributed by atoms with Crippen molar-refractivity contribution in [3.63, 3.8) is 0 Å². The quantitative estimate of drug-likeness (QED) is 0.0545. The zero-order valence-electron chi connectivity index (χ0n) is 39.3. The van der Waals surface area contributed by atoms with E-state index >= 15 is 118 Å². The fraction of sp³-hybridized carbons (Fsp3) is 1.00. The van der Waals surface area contributed by atoms with Gasteiger partial charge < -0.3 is 8.23 Å². The molecular weight excluding hydrogens is 1620 g/mol. The third-order valence-electron chi connectivity index (χ3n) is 11.2. The lowest BCUT2D eigenvalue weighted by Gasteiger charge is -2.57. The van der Waals surface area contributed by atoms with Gasteiger partial charge in [-0.1, -0.05) is 0 Å². The lowest BCUT2D eigenvalue weighted by Crippen LogP contribution is -2.96. The Morgan fingerprint density at radius 1 is 0.128 bits per heavy atom.